The highest BCUT2D eigenvalue weighted by atomic mass is 16.5. The summed E-state index contributed by atoms with van der Waals surface area (Å²) < 4.78 is 11.3. The molecule has 0 bridgehead atoms. The van der Waals surface area contributed by atoms with E-state index < -0.39 is 0 Å². The van der Waals surface area contributed by atoms with Crippen LogP contribution in [0.3, 0.4) is 0 Å². The van der Waals surface area contributed by atoms with Crippen LogP contribution < -0.4 is 9.47 Å². The number of aromatic hydroxyl groups is 2. The molecule has 0 aliphatic carbocycles. The summed E-state index contributed by atoms with van der Waals surface area (Å²) in [6, 6.07) is 9.89. The summed E-state index contributed by atoms with van der Waals surface area (Å²) in [6.45, 7) is 6.30. The highest BCUT2D eigenvalue weighted by Gasteiger charge is 2.32. The minimum atomic E-state index is 0.0769. The van der Waals surface area contributed by atoms with Crippen LogP contribution in [-0.2, 0) is 6.42 Å². The number of ether oxygens (including phenoxy) is 2. The molecule has 4 rings (SSSR count). The maximum Gasteiger partial charge on any atom is 0.132 e. The molecule has 1 aliphatic rings. The molecule has 3 aromatic rings. The van der Waals surface area contributed by atoms with Gasteiger partial charge in [-0.15, -0.1) is 0 Å². The Bertz CT molecular complexity index is 1140. The summed E-state index contributed by atoms with van der Waals surface area (Å²) in [5.74, 6) is 1.61. The lowest BCUT2D eigenvalue weighted by atomic mass is 9.84. The summed E-state index contributed by atoms with van der Waals surface area (Å²) in [6.07, 6.45) is 0.851. The van der Waals surface area contributed by atoms with E-state index in [2.05, 4.69) is 31.9 Å². The molecule has 2 atom stereocenters. The molecule has 0 spiro atoms. The monoisotopic (exact) mass is 407 g/mol. The van der Waals surface area contributed by atoms with Gasteiger partial charge in [0.15, 0.2) is 0 Å². The molecule has 0 saturated carbocycles. The second kappa shape index (κ2) is 7.40. The van der Waals surface area contributed by atoms with E-state index in [-0.39, 0.29) is 17.5 Å². The van der Waals surface area contributed by atoms with Crippen LogP contribution >= 0.6 is 0 Å². The SMILES string of the molecule is COc1cc2c(c(O)c1-c1ccc(O)c3c(OC)cc(C)cc13)C(C)N(C)C(C)C2. The summed E-state index contributed by atoms with van der Waals surface area (Å²) >= 11 is 0. The second-order valence-electron chi connectivity index (χ2n) is 8.29. The summed E-state index contributed by atoms with van der Waals surface area (Å²) in [7, 11) is 5.31. The molecule has 2 unspecified atom stereocenters. The molecule has 0 radical (unpaired) electrons. The lowest BCUT2D eigenvalue weighted by Crippen LogP contribution is -2.38. The van der Waals surface area contributed by atoms with Gasteiger partial charge in [-0.2, -0.15) is 0 Å². The molecule has 1 heterocycles. The van der Waals surface area contributed by atoms with Gasteiger partial charge < -0.3 is 19.7 Å². The summed E-state index contributed by atoms with van der Waals surface area (Å²) in [5.41, 5.74) is 4.50. The Balaban J connectivity index is 2.08. The molecular formula is C25H29NO4. The van der Waals surface area contributed by atoms with Crippen LogP contribution in [0.5, 0.6) is 23.0 Å². The van der Waals surface area contributed by atoms with Crippen LogP contribution in [0.15, 0.2) is 30.3 Å². The summed E-state index contributed by atoms with van der Waals surface area (Å²) in [4.78, 5) is 2.28. The third-order valence-corrected chi connectivity index (χ3v) is 6.54. The number of aryl methyl sites for hydroxylation is 1. The van der Waals surface area contributed by atoms with E-state index in [9.17, 15) is 10.2 Å². The molecular weight excluding hydrogens is 378 g/mol. The normalized spacial score (nSPS) is 19.0. The number of phenolic OH excluding ortho intramolecular Hbond substituents is 2. The third kappa shape index (κ3) is 2.96. The van der Waals surface area contributed by atoms with E-state index in [1.54, 1.807) is 20.3 Å². The maximum absolute atomic E-state index is 11.5. The number of hydrogen-bond donors (Lipinski definition) is 2. The van der Waals surface area contributed by atoms with E-state index in [4.69, 9.17) is 9.47 Å². The quantitative estimate of drug-likeness (QED) is 0.626. The van der Waals surface area contributed by atoms with Gasteiger partial charge in [0.1, 0.15) is 23.0 Å². The maximum atomic E-state index is 11.5. The van der Waals surface area contributed by atoms with Gasteiger partial charge in [-0.25, -0.2) is 0 Å². The smallest absolute Gasteiger partial charge is 0.132 e. The standard InChI is InChI=1S/C25H29NO4/c1-13-9-18-17(7-8-19(27)23(18)20(10-13)29-5)24-21(30-6)12-16-11-14(2)26(4)15(3)22(16)25(24)28/h7-10,12,14-15,27-28H,11H2,1-6H3. The largest absolute Gasteiger partial charge is 0.507 e. The zero-order valence-corrected chi connectivity index (χ0v) is 18.4. The average Bonchev–Trinajstić information content (AvgIpc) is 2.71. The van der Waals surface area contributed by atoms with Crippen molar-refractivity contribution in [2.24, 2.45) is 0 Å². The lowest BCUT2D eigenvalue weighted by molar-refractivity contribution is 0.176. The van der Waals surface area contributed by atoms with E-state index in [0.29, 0.717) is 28.5 Å². The van der Waals surface area contributed by atoms with Crippen molar-refractivity contribution in [3.05, 3.63) is 47.0 Å². The molecule has 158 valence electrons. The van der Waals surface area contributed by atoms with Crippen molar-refractivity contribution in [3.63, 3.8) is 0 Å². The fourth-order valence-corrected chi connectivity index (χ4v) is 4.76. The fraction of sp³-hybridized carbons (Fsp3) is 0.360. The number of methoxy groups -OCH3 is 2. The van der Waals surface area contributed by atoms with Crippen molar-refractivity contribution >= 4 is 10.8 Å². The predicted octanol–water partition coefficient (Wildman–Crippen LogP) is 5.18. The molecule has 0 aromatic heterocycles. The lowest BCUT2D eigenvalue weighted by Gasteiger charge is -2.38. The number of phenols is 2. The average molecular weight is 408 g/mol. The minimum absolute atomic E-state index is 0.0769. The zero-order chi connectivity index (χ0) is 21.7. The molecule has 30 heavy (non-hydrogen) atoms. The minimum Gasteiger partial charge on any atom is -0.507 e. The van der Waals surface area contributed by atoms with Crippen molar-refractivity contribution in [1.82, 2.24) is 4.90 Å². The summed E-state index contributed by atoms with van der Waals surface area (Å²) in [5, 5.41) is 23.5. The van der Waals surface area contributed by atoms with Gasteiger partial charge >= 0.3 is 0 Å². The fourth-order valence-electron chi connectivity index (χ4n) is 4.76. The van der Waals surface area contributed by atoms with Crippen LogP contribution in [0.1, 0.15) is 36.6 Å². The van der Waals surface area contributed by atoms with Crippen molar-refractivity contribution in [1.29, 1.82) is 0 Å². The highest BCUT2D eigenvalue weighted by Crippen LogP contribution is 2.50. The van der Waals surface area contributed by atoms with Crippen LogP contribution in [0.2, 0.25) is 0 Å². The molecule has 0 fully saturated rings. The van der Waals surface area contributed by atoms with Crippen LogP contribution in [0.4, 0.5) is 0 Å². The second-order valence-corrected chi connectivity index (χ2v) is 8.29. The first-order valence-electron chi connectivity index (χ1n) is 10.2. The molecule has 0 amide bonds. The molecule has 0 saturated heterocycles. The number of likely N-dealkylation sites (N-methyl/N-ethyl adjacent to an activating group) is 1. The van der Waals surface area contributed by atoms with E-state index in [0.717, 1.165) is 34.1 Å². The Kier molecular flexibility index (Phi) is 5.02. The Morgan fingerprint density at radius 2 is 1.70 bits per heavy atom. The molecule has 3 aromatic carbocycles. The van der Waals surface area contributed by atoms with Gasteiger partial charge in [0, 0.05) is 17.6 Å². The predicted molar refractivity (Wildman–Crippen MR) is 120 cm³/mol. The van der Waals surface area contributed by atoms with Crippen molar-refractivity contribution in [2.75, 3.05) is 21.3 Å². The molecule has 5 heteroatoms. The first-order valence-corrected chi connectivity index (χ1v) is 10.2. The van der Waals surface area contributed by atoms with E-state index in [1.165, 1.54) is 0 Å². The van der Waals surface area contributed by atoms with Gasteiger partial charge in [0.25, 0.3) is 0 Å². The van der Waals surface area contributed by atoms with E-state index in [1.807, 2.05) is 25.1 Å². The van der Waals surface area contributed by atoms with Crippen molar-refractivity contribution < 1.29 is 19.7 Å². The Hall–Kier alpha value is -2.92. The number of fused-ring (bicyclic) bond motifs is 2. The number of nitrogens with zero attached hydrogens (tertiary/aromatic N) is 1. The first-order chi connectivity index (χ1) is 14.3. The number of hydrogen-bond acceptors (Lipinski definition) is 5. The molecule has 2 N–H and O–H groups in total. The Morgan fingerprint density at radius 1 is 1.00 bits per heavy atom. The van der Waals surface area contributed by atoms with Gasteiger partial charge in [0.2, 0.25) is 0 Å². The van der Waals surface area contributed by atoms with Crippen molar-refractivity contribution in [3.8, 4) is 34.1 Å². The zero-order valence-electron chi connectivity index (χ0n) is 18.4. The van der Waals surface area contributed by atoms with Crippen LogP contribution in [-0.4, -0.2) is 42.4 Å². The van der Waals surface area contributed by atoms with E-state index >= 15 is 0 Å². The number of benzene rings is 3. The van der Waals surface area contributed by atoms with Gasteiger partial charge in [-0.3, -0.25) is 4.90 Å². The first kappa shape index (κ1) is 20.4. The van der Waals surface area contributed by atoms with Crippen LogP contribution in [0.25, 0.3) is 21.9 Å². The van der Waals surface area contributed by atoms with Gasteiger partial charge in [-0.1, -0.05) is 6.07 Å². The highest BCUT2D eigenvalue weighted by molar-refractivity contribution is 6.05. The Morgan fingerprint density at radius 3 is 2.37 bits per heavy atom. The van der Waals surface area contributed by atoms with Crippen molar-refractivity contribution in [2.45, 2.75) is 39.3 Å². The third-order valence-electron chi connectivity index (χ3n) is 6.54. The van der Waals surface area contributed by atoms with Gasteiger partial charge in [-0.05, 0) is 80.6 Å². The van der Waals surface area contributed by atoms with Gasteiger partial charge in [0.05, 0.1) is 25.2 Å². The molecule has 5 nitrogen and oxygen atoms in total. The molecule has 1 aliphatic heterocycles. The Labute approximate surface area is 177 Å². The van der Waals surface area contributed by atoms with Crippen LogP contribution in [0, 0.1) is 6.92 Å². The topological polar surface area (TPSA) is 62.2 Å². The number of rotatable bonds is 3.